The molecule has 0 saturated carbocycles. The number of ether oxygens (including phenoxy) is 1. The highest BCUT2D eigenvalue weighted by Gasteiger charge is 2.37. The number of methoxy groups -OCH3 is 1. The average Bonchev–Trinajstić information content (AvgIpc) is 2.88. The zero-order valence-corrected chi connectivity index (χ0v) is 24.2. The molecular weight excluding hydrogens is 552 g/mol. The summed E-state index contributed by atoms with van der Waals surface area (Å²) in [6.45, 7) is 10.3. The Hall–Kier alpha value is -3.12. The Morgan fingerprint density at radius 3 is 1.78 bits per heavy atom. The molecule has 3 rings (SSSR count). The molecule has 232 valence electrons. The van der Waals surface area contributed by atoms with E-state index < -0.39 is 29.6 Å². The quantitative estimate of drug-likeness (QED) is 0.268. The highest BCUT2D eigenvalue weighted by molar-refractivity contribution is 5.73. The molecule has 2 amide bonds. The van der Waals surface area contributed by atoms with Gasteiger partial charge < -0.3 is 21.1 Å². The lowest BCUT2D eigenvalue weighted by molar-refractivity contribution is -0.143. The third-order valence-electron chi connectivity index (χ3n) is 5.46. The molecule has 0 bridgehead atoms. The molecule has 6 nitrogen and oxygen atoms in total. The molecule has 1 heterocycles. The molecule has 0 aliphatic carbocycles. The van der Waals surface area contributed by atoms with Gasteiger partial charge in [0.25, 0.3) is 0 Å². The number of primary amides is 1. The molecule has 1 aliphatic rings. The van der Waals surface area contributed by atoms with E-state index in [4.69, 9.17) is 9.53 Å². The number of carbonyl (C=O) groups excluding carboxylic acids is 2. The second-order valence-corrected chi connectivity index (χ2v) is 9.93. The summed E-state index contributed by atoms with van der Waals surface area (Å²) in [6.07, 6.45) is -8.14. The second kappa shape index (κ2) is 18.3. The van der Waals surface area contributed by atoms with Crippen LogP contribution in [0.4, 0.5) is 26.3 Å². The molecule has 1 aliphatic heterocycles. The fourth-order valence-electron chi connectivity index (χ4n) is 3.59. The van der Waals surface area contributed by atoms with Gasteiger partial charge in [-0.15, -0.1) is 0 Å². The van der Waals surface area contributed by atoms with Gasteiger partial charge in [0.05, 0.1) is 17.2 Å². The number of nitrogens with two attached hydrogens (primary N) is 1. The first kappa shape index (κ1) is 37.9. The Kier molecular flexibility index (Phi) is 16.9. The van der Waals surface area contributed by atoms with Gasteiger partial charge in [0.2, 0.25) is 12.3 Å². The van der Waals surface area contributed by atoms with Gasteiger partial charge in [0.1, 0.15) is 0 Å². The van der Waals surface area contributed by atoms with Gasteiger partial charge in [-0.2, -0.15) is 26.3 Å². The van der Waals surface area contributed by atoms with Crippen LogP contribution >= 0.6 is 0 Å². The van der Waals surface area contributed by atoms with Crippen molar-refractivity contribution in [2.75, 3.05) is 13.7 Å². The highest BCUT2D eigenvalue weighted by atomic mass is 19.4. The SMILES string of the molecule is CC(=O)NC1CCC(c2ccccc2)NC1.CC(C)C.COC(C)c1cc(C(F)(F)F)cc(C(F)(F)F)c1.NC=O. The topological polar surface area (TPSA) is 93.4 Å². The van der Waals surface area contributed by atoms with Crippen LogP contribution in [-0.4, -0.2) is 32.0 Å². The van der Waals surface area contributed by atoms with E-state index in [1.165, 1.54) is 19.6 Å². The Balaban J connectivity index is 0.000000639. The third kappa shape index (κ3) is 16.0. The van der Waals surface area contributed by atoms with E-state index in [1.54, 1.807) is 6.92 Å². The zero-order chi connectivity index (χ0) is 31.8. The molecule has 0 radical (unpaired) electrons. The molecule has 4 N–H and O–H groups in total. The van der Waals surface area contributed by atoms with E-state index in [0.29, 0.717) is 18.2 Å². The minimum absolute atomic E-state index is 0.0601. The van der Waals surface area contributed by atoms with Crippen LogP contribution in [0.25, 0.3) is 0 Å². The van der Waals surface area contributed by atoms with Gasteiger partial charge in [0, 0.05) is 32.7 Å². The highest BCUT2D eigenvalue weighted by Crippen LogP contribution is 2.37. The molecule has 0 aromatic heterocycles. The summed E-state index contributed by atoms with van der Waals surface area (Å²) in [6, 6.07) is 12.6. The molecule has 1 fully saturated rings. The maximum atomic E-state index is 12.5. The first-order valence-corrected chi connectivity index (χ1v) is 13.0. The number of amides is 2. The maximum Gasteiger partial charge on any atom is 0.416 e. The van der Waals surface area contributed by atoms with E-state index in [-0.39, 0.29) is 30.0 Å². The lowest BCUT2D eigenvalue weighted by atomic mass is 9.95. The number of hydrogen-bond acceptors (Lipinski definition) is 4. The Bertz CT molecular complexity index is 988. The van der Waals surface area contributed by atoms with Crippen molar-refractivity contribution < 1.29 is 40.7 Å². The molecule has 2 aromatic carbocycles. The van der Waals surface area contributed by atoms with Crippen LogP contribution < -0.4 is 16.4 Å². The molecule has 2 aromatic rings. The van der Waals surface area contributed by atoms with E-state index in [0.717, 1.165) is 25.3 Å². The van der Waals surface area contributed by atoms with Gasteiger partial charge in [-0.25, -0.2) is 0 Å². The number of nitrogens with one attached hydrogen (secondary N) is 2. The van der Waals surface area contributed by atoms with Crippen molar-refractivity contribution in [3.8, 4) is 0 Å². The zero-order valence-electron chi connectivity index (χ0n) is 24.2. The van der Waals surface area contributed by atoms with Crippen LogP contribution in [0.2, 0.25) is 0 Å². The molecule has 41 heavy (non-hydrogen) atoms. The maximum absolute atomic E-state index is 12.5. The summed E-state index contributed by atoms with van der Waals surface area (Å²) in [4.78, 5) is 19.5. The second-order valence-electron chi connectivity index (χ2n) is 9.93. The van der Waals surface area contributed by atoms with Gasteiger partial charge in [0.15, 0.2) is 0 Å². The third-order valence-corrected chi connectivity index (χ3v) is 5.46. The molecule has 0 spiro atoms. The van der Waals surface area contributed by atoms with Gasteiger partial charge in [-0.05, 0) is 55.0 Å². The van der Waals surface area contributed by atoms with E-state index in [2.05, 4.69) is 61.4 Å². The van der Waals surface area contributed by atoms with Crippen LogP contribution in [0.3, 0.4) is 0 Å². The summed E-state index contributed by atoms with van der Waals surface area (Å²) in [5, 5.41) is 6.43. The first-order chi connectivity index (χ1) is 19.0. The standard InChI is InChI=1S/C13H18N2O.C11H10F6O.C4H10.CH3NO/c1-10(16)15-12-7-8-13(14-9-12)11-5-3-2-4-6-11;1-6(18-2)7-3-8(10(12,13)14)5-9(4-7)11(15,16)17;1-4(2)3;2-1-3/h2-6,12-14H,7-9H2,1H3,(H,15,16);3-6H,1-2H3;4H,1-3H3;1H,(H2,2,3). The van der Waals surface area contributed by atoms with Crippen LogP contribution in [0.1, 0.15) is 81.9 Å². The van der Waals surface area contributed by atoms with Crippen molar-refractivity contribution in [3.05, 3.63) is 70.8 Å². The molecule has 1 saturated heterocycles. The number of rotatable bonds is 4. The normalized spacial score (nSPS) is 17.4. The minimum Gasteiger partial charge on any atom is -0.377 e. The monoisotopic (exact) mass is 593 g/mol. The van der Waals surface area contributed by atoms with E-state index in [1.807, 2.05) is 6.07 Å². The fourth-order valence-corrected chi connectivity index (χ4v) is 3.59. The van der Waals surface area contributed by atoms with Crippen molar-refractivity contribution in [1.29, 1.82) is 0 Å². The smallest absolute Gasteiger partial charge is 0.377 e. The van der Waals surface area contributed by atoms with E-state index >= 15 is 0 Å². The lowest BCUT2D eigenvalue weighted by Crippen LogP contribution is -2.46. The summed E-state index contributed by atoms with van der Waals surface area (Å²) < 4.78 is 79.7. The Labute approximate surface area is 238 Å². The average molecular weight is 594 g/mol. The summed E-state index contributed by atoms with van der Waals surface area (Å²) >= 11 is 0. The van der Waals surface area contributed by atoms with Gasteiger partial charge >= 0.3 is 12.4 Å². The Morgan fingerprint density at radius 1 is 0.976 bits per heavy atom. The number of benzene rings is 2. The van der Waals surface area contributed by atoms with Crippen molar-refractivity contribution >= 4 is 12.3 Å². The van der Waals surface area contributed by atoms with Crippen LogP contribution in [0, 0.1) is 5.92 Å². The van der Waals surface area contributed by atoms with Crippen molar-refractivity contribution in [1.82, 2.24) is 10.6 Å². The van der Waals surface area contributed by atoms with Crippen LogP contribution in [0.5, 0.6) is 0 Å². The molecular formula is C29H41F6N3O3. The number of halogens is 6. The summed E-state index contributed by atoms with van der Waals surface area (Å²) in [5.41, 5.74) is 2.66. The fraction of sp³-hybridized carbons (Fsp3) is 0.517. The lowest BCUT2D eigenvalue weighted by Gasteiger charge is -2.30. The number of carbonyl (C=O) groups is 2. The van der Waals surface area contributed by atoms with Crippen molar-refractivity contribution in [3.63, 3.8) is 0 Å². The predicted octanol–water partition coefficient (Wildman–Crippen LogP) is 6.81. The van der Waals surface area contributed by atoms with Crippen molar-refractivity contribution in [2.45, 2.75) is 78.0 Å². The van der Waals surface area contributed by atoms with E-state index in [9.17, 15) is 31.1 Å². The minimum atomic E-state index is -4.83. The number of hydrogen-bond donors (Lipinski definition) is 3. The molecule has 3 unspecified atom stereocenters. The number of alkyl halides is 6. The summed E-state index contributed by atoms with van der Waals surface area (Å²) in [7, 11) is 1.21. The largest absolute Gasteiger partial charge is 0.416 e. The summed E-state index contributed by atoms with van der Waals surface area (Å²) in [5.74, 6) is 0.893. The predicted molar refractivity (Wildman–Crippen MR) is 147 cm³/mol. The first-order valence-electron chi connectivity index (χ1n) is 13.0. The van der Waals surface area contributed by atoms with Crippen LogP contribution in [-0.2, 0) is 26.7 Å². The van der Waals surface area contributed by atoms with Gasteiger partial charge in [-0.3, -0.25) is 9.59 Å². The Morgan fingerprint density at radius 2 is 1.44 bits per heavy atom. The molecule has 12 heteroatoms. The van der Waals surface area contributed by atoms with Crippen molar-refractivity contribution in [2.24, 2.45) is 11.7 Å². The molecule has 3 atom stereocenters. The van der Waals surface area contributed by atoms with Crippen LogP contribution in [0.15, 0.2) is 48.5 Å². The number of piperidine rings is 1. The van der Waals surface area contributed by atoms with Gasteiger partial charge in [-0.1, -0.05) is 51.1 Å².